The van der Waals surface area contributed by atoms with Crippen LogP contribution in [0.3, 0.4) is 0 Å². The quantitative estimate of drug-likeness (QED) is 0.785. The first-order valence-corrected chi connectivity index (χ1v) is 4.68. The highest BCUT2D eigenvalue weighted by atomic mass is 16.5. The average Bonchev–Trinajstić information content (AvgIpc) is 2.27. The monoisotopic (exact) mass is 212 g/mol. The molecule has 0 amide bonds. The van der Waals surface area contributed by atoms with E-state index in [1.807, 2.05) is 0 Å². The van der Waals surface area contributed by atoms with Gasteiger partial charge < -0.3 is 19.7 Å². The van der Waals surface area contributed by atoms with Crippen molar-refractivity contribution in [3.63, 3.8) is 0 Å². The number of hydrogen-bond acceptors (Lipinski definition) is 4. The molecule has 0 saturated carbocycles. The zero-order chi connectivity index (χ0) is 11.4. The molecule has 2 atom stereocenters. The summed E-state index contributed by atoms with van der Waals surface area (Å²) < 4.78 is 10.1. The molecule has 4 nitrogen and oxygen atoms in total. The molecule has 0 aliphatic heterocycles. The molecule has 84 valence electrons. The summed E-state index contributed by atoms with van der Waals surface area (Å²) in [5.41, 5.74) is 0.549. The maximum Gasteiger partial charge on any atom is 0.128 e. The fraction of sp³-hybridized carbons (Fsp3) is 0.455. The number of aliphatic hydroxyl groups excluding tert-OH is 2. The molecule has 15 heavy (non-hydrogen) atoms. The van der Waals surface area contributed by atoms with Crippen LogP contribution in [0.15, 0.2) is 18.2 Å². The van der Waals surface area contributed by atoms with Crippen molar-refractivity contribution < 1.29 is 19.7 Å². The smallest absolute Gasteiger partial charge is 0.128 e. The molecule has 0 radical (unpaired) electrons. The van der Waals surface area contributed by atoms with Gasteiger partial charge in [0.1, 0.15) is 17.6 Å². The largest absolute Gasteiger partial charge is 0.497 e. The van der Waals surface area contributed by atoms with E-state index in [9.17, 15) is 10.2 Å². The first kappa shape index (κ1) is 11.8. The van der Waals surface area contributed by atoms with E-state index in [2.05, 4.69) is 0 Å². The molecule has 0 fully saturated rings. The Kier molecular flexibility index (Phi) is 3.94. The highest BCUT2D eigenvalue weighted by Gasteiger charge is 2.18. The Hall–Kier alpha value is -1.26. The summed E-state index contributed by atoms with van der Waals surface area (Å²) in [5, 5.41) is 19.0. The van der Waals surface area contributed by atoms with Crippen molar-refractivity contribution in [3.05, 3.63) is 23.8 Å². The maximum absolute atomic E-state index is 9.70. The van der Waals surface area contributed by atoms with Crippen molar-refractivity contribution in [1.29, 1.82) is 0 Å². The SMILES string of the molecule is COc1ccc(C(O)C(C)O)c(OC)c1. The fourth-order valence-electron chi connectivity index (χ4n) is 1.32. The van der Waals surface area contributed by atoms with Crippen molar-refractivity contribution in [3.8, 4) is 11.5 Å². The minimum Gasteiger partial charge on any atom is -0.497 e. The van der Waals surface area contributed by atoms with Gasteiger partial charge in [-0.15, -0.1) is 0 Å². The molecule has 4 heteroatoms. The minimum absolute atomic E-state index is 0.503. The summed E-state index contributed by atoms with van der Waals surface area (Å²) in [6.45, 7) is 1.52. The third kappa shape index (κ3) is 2.61. The van der Waals surface area contributed by atoms with Gasteiger partial charge in [0.15, 0.2) is 0 Å². The zero-order valence-corrected chi connectivity index (χ0v) is 9.10. The lowest BCUT2D eigenvalue weighted by Gasteiger charge is -2.17. The average molecular weight is 212 g/mol. The number of hydrogen-bond donors (Lipinski definition) is 2. The van der Waals surface area contributed by atoms with Gasteiger partial charge in [-0.05, 0) is 19.1 Å². The van der Waals surface area contributed by atoms with Gasteiger partial charge in [0.25, 0.3) is 0 Å². The highest BCUT2D eigenvalue weighted by molar-refractivity contribution is 5.42. The van der Waals surface area contributed by atoms with Crippen LogP contribution in [0.5, 0.6) is 11.5 Å². The minimum atomic E-state index is -0.953. The van der Waals surface area contributed by atoms with Crippen molar-refractivity contribution in [2.45, 2.75) is 19.1 Å². The molecule has 1 aromatic rings. The van der Waals surface area contributed by atoms with Gasteiger partial charge in [0, 0.05) is 11.6 Å². The predicted molar refractivity (Wildman–Crippen MR) is 56.2 cm³/mol. The van der Waals surface area contributed by atoms with Crippen LogP contribution in [0, 0.1) is 0 Å². The molecule has 0 spiro atoms. The maximum atomic E-state index is 9.70. The van der Waals surface area contributed by atoms with E-state index in [1.165, 1.54) is 14.0 Å². The second kappa shape index (κ2) is 5.00. The van der Waals surface area contributed by atoms with Crippen molar-refractivity contribution in [2.75, 3.05) is 14.2 Å². The van der Waals surface area contributed by atoms with Gasteiger partial charge in [-0.25, -0.2) is 0 Å². The second-order valence-electron chi connectivity index (χ2n) is 3.29. The Morgan fingerprint density at radius 1 is 1.13 bits per heavy atom. The van der Waals surface area contributed by atoms with Gasteiger partial charge >= 0.3 is 0 Å². The summed E-state index contributed by atoms with van der Waals surface area (Å²) in [7, 11) is 3.06. The molecule has 0 bridgehead atoms. The van der Waals surface area contributed by atoms with Crippen LogP contribution < -0.4 is 9.47 Å². The van der Waals surface area contributed by atoms with E-state index in [4.69, 9.17) is 9.47 Å². The van der Waals surface area contributed by atoms with E-state index >= 15 is 0 Å². The van der Waals surface area contributed by atoms with E-state index in [0.29, 0.717) is 17.1 Å². The summed E-state index contributed by atoms with van der Waals surface area (Å²) in [6.07, 6.45) is -1.79. The number of aliphatic hydroxyl groups is 2. The van der Waals surface area contributed by atoms with Crippen LogP contribution >= 0.6 is 0 Å². The lowest BCUT2D eigenvalue weighted by Crippen LogP contribution is -2.14. The second-order valence-corrected chi connectivity index (χ2v) is 3.29. The fourth-order valence-corrected chi connectivity index (χ4v) is 1.32. The lowest BCUT2D eigenvalue weighted by atomic mass is 10.0. The van der Waals surface area contributed by atoms with Crippen molar-refractivity contribution >= 4 is 0 Å². The Bertz CT molecular complexity index is 322. The molecule has 2 unspecified atom stereocenters. The molecule has 0 aliphatic rings. The lowest BCUT2D eigenvalue weighted by molar-refractivity contribution is 0.0290. The van der Waals surface area contributed by atoms with E-state index in [-0.39, 0.29) is 0 Å². The Labute approximate surface area is 89.1 Å². The number of rotatable bonds is 4. The van der Waals surface area contributed by atoms with Gasteiger partial charge in [-0.2, -0.15) is 0 Å². The molecule has 0 aliphatic carbocycles. The predicted octanol–water partition coefficient (Wildman–Crippen LogP) is 1.12. The molecule has 1 aromatic carbocycles. The van der Waals surface area contributed by atoms with Crippen LogP contribution in [0.1, 0.15) is 18.6 Å². The van der Waals surface area contributed by atoms with Gasteiger partial charge in [-0.3, -0.25) is 0 Å². The molecule has 0 aromatic heterocycles. The van der Waals surface area contributed by atoms with Crippen molar-refractivity contribution in [2.24, 2.45) is 0 Å². The third-order valence-electron chi connectivity index (χ3n) is 2.22. The summed E-state index contributed by atoms with van der Waals surface area (Å²) >= 11 is 0. The van der Waals surface area contributed by atoms with Gasteiger partial charge in [0.2, 0.25) is 0 Å². The molecule has 0 heterocycles. The number of benzene rings is 1. The Balaban J connectivity index is 3.07. The van der Waals surface area contributed by atoms with E-state index in [0.717, 1.165) is 0 Å². The number of methoxy groups -OCH3 is 2. The van der Waals surface area contributed by atoms with Crippen LogP contribution in [0.25, 0.3) is 0 Å². The van der Waals surface area contributed by atoms with Crippen LogP contribution in [0.4, 0.5) is 0 Å². The van der Waals surface area contributed by atoms with Crippen LogP contribution in [-0.2, 0) is 0 Å². The molecular weight excluding hydrogens is 196 g/mol. The molecule has 0 saturated heterocycles. The first-order chi connectivity index (χ1) is 7.10. The normalized spacial score (nSPS) is 14.5. The van der Waals surface area contributed by atoms with E-state index in [1.54, 1.807) is 25.3 Å². The van der Waals surface area contributed by atoms with Crippen molar-refractivity contribution in [1.82, 2.24) is 0 Å². The Morgan fingerprint density at radius 2 is 1.80 bits per heavy atom. The summed E-state index contributed by atoms with van der Waals surface area (Å²) in [5.74, 6) is 1.15. The molecular formula is C11H16O4. The molecule has 2 N–H and O–H groups in total. The summed E-state index contributed by atoms with van der Waals surface area (Å²) in [6, 6.07) is 5.06. The van der Waals surface area contributed by atoms with E-state index < -0.39 is 12.2 Å². The third-order valence-corrected chi connectivity index (χ3v) is 2.22. The highest BCUT2D eigenvalue weighted by Crippen LogP contribution is 2.30. The van der Waals surface area contributed by atoms with Crippen LogP contribution in [-0.4, -0.2) is 30.5 Å². The Morgan fingerprint density at radius 3 is 2.27 bits per heavy atom. The zero-order valence-electron chi connectivity index (χ0n) is 9.10. The number of ether oxygens (including phenoxy) is 2. The van der Waals surface area contributed by atoms with Gasteiger partial charge in [-0.1, -0.05) is 0 Å². The topological polar surface area (TPSA) is 58.9 Å². The molecule has 1 rings (SSSR count). The summed E-state index contributed by atoms with van der Waals surface area (Å²) in [4.78, 5) is 0. The van der Waals surface area contributed by atoms with Gasteiger partial charge in [0.05, 0.1) is 20.3 Å². The standard InChI is InChI=1S/C11H16O4/c1-7(12)11(13)9-5-4-8(14-2)6-10(9)15-3/h4-7,11-13H,1-3H3. The first-order valence-electron chi connectivity index (χ1n) is 4.68. The van der Waals surface area contributed by atoms with Crippen LogP contribution in [0.2, 0.25) is 0 Å².